The quantitative estimate of drug-likeness (QED) is 0.448. The van der Waals surface area contributed by atoms with Crippen LogP contribution in [0.3, 0.4) is 0 Å². The summed E-state index contributed by atoms with van der Waals surface area (Å²) in [6, 6.07) is 0. The number of hydrogen-bond acceptors (Lipinski definition) is 0. The highest BCUT2D eigenvalue weighted by molar-refractivity contribution is 7.90. The van der Waals surface area contributed by atoms with Crippen molar-refractivity contribution in [3.8, 4) is 0 Å². The summed E-state index contributed by atoms with van der Waals surface area (Å²) in [5.41, 5.74) is 0. The molecule has 0 N–H and O–H groups in total. The summed E-state index contributed by atoms with van der Waals surface area (Å²) < 4.78 is 0. The highest BCUT2D eigenvalue weighted by Gasteiger charge is 1.90. The standard InChI is InChI=1S/C8H18.Cl2HP/c1-4-5-6-7-8(2)3;1-3-2/h8H,4-7H2,1-3H3;3H. The van der Waals surface area contributed by atoms with Crippen LogP contribution in [0, 0.1) is 5.92 Å². The summed E-state index contributed by atoms with van der Waals surface area (Å²) in [5.74, 6) is 0.904. The molecule has 0 saturated heterocycles. The maximum atomic E-state index is 4.79. The van der Waals surface area contributed by atoms with Crippen LogP contribution in [0.4, 0.5) is 0 Å². The summed E-state index contributed by atoms with van der Waals surface area (Å²) in [7, 11) is 0.0278. The Bertz CT molecular complexity index is 58.1. The second-order valence-corrected chi connectivity index (χ2v) is 4.82. The number of hydrogen-bond donors (Lipinski definition) is 0. The van der Waals surface area contributed by atoms with E-state index in [1.54, 1.807) is 0 Å². The highest BCUT2D eigenvalue weighted by atomic mass is 35.9. The van der Waals surface area contributed by atoms with Crippen molar-refractivity contribution in [1.29, 1.82) is 0 Å². The zero-order valence-electron chi connectivity index (χ0n) is 7.66. The monoisotopic (exact) mass is 216 g/mol. The van der Waals surface area contributed by atoms with Crippen molar-refractivity contribution in [3.05, 3.63) is 0 Å². The largest absolute Gasteiger partial charge is 0.0818 e. The summed E-state index contributed by atoms with van der Waals surface area (Å²) in [6.07, 6.45) is 5.60. The Balaban J connectivity index is 0. The minimum atomic E-state index is 0.0278. The van der Waals surface area contributed by atoms with Crippen molar-refractivity contribution in [2.24, 2.45) is 5.92 Å². The lowest BCUT2D eigenvalue weighted by molar-refractivity contribution is 0.534. The van der Waals surface area contributed by atoms with Gasteiger partial charge in [0.25, 0.3) is 0 Å². The fraction of sp³-hybridized carbons (Fsp3) is 1.00. The van der Waals surface area contributed by atoms with Gasteiger partial charge in [0.15, 0.2) is 0 Å². The van der Waals surface area contributed by atoms with Gasteiger partial charge in [0.2, 0.25) is 0 Å². The van der Waals surface area contributed by atoms with Gasteiger partial charge in [0.1, 0.15) is 0 Å². The first-order valence-corrected chi connectivity index (χ1v) is 7.17. The van der Waals surface area contributed by atoms with Gasteiger partial charge in [-0.1, -0.05) is 68.9 Å². The first-order valence-electron chi connectivity index (χ1n) is 4.15. The van der Waals surface area contributed by atoms with Crippen molar-refractivity contribution in [2.75, 3.05) is 0 Å². The van der Waals surface area contributed by atoms with Gasteiger partial charge in [-0.3, -0.25) is 0 Å². The molecule has 0 heterocycles. The van der Waals surface area contributed by atoms with Crippen LogP contribution in [0.2, 0.25) is 0 Å². The lowest BCUT2D eigenvalue weighted by Crippen LogP contribution is -1.85. The Kier molecular flexibility index (Phi) is 17.9. The van der Waals surface area contributed by atoms with E-state index in [1.165, 1.54) is 25.7 Å². The predicted octanol–water partition coefficient (Wildman–Crippen LogP) is 5.20. The molecule has 0 aromatic rings. The third-order valence-electron chi connectivity index (χ3n) is 1.39. The molecule has 0 spiro atoms. The summed E-state index contributed by atoms with van der Waals surface area (Å²) in [6.45, 7) is 6.83. The van der Waals surface area contributed by atoms with Gasteiger partial charge in [-0.25, -0.2) is 0 Å². The minimum Gasteiger partial charge on any atom is -0.0818 e. The van der Waals surface area contributed by atoms with Crippen molar-refractivity contribution in [2.45, 2.75) is 46.5 Å². The van der Waals surface area contributed by atoms with E-state index in [0.717, 1.165) is 5.92 Å². The zero-order chi connectivity index (χ0) is 9.11. The van der Waals surface area contributed by atoms with Gasteiger partial charge >= 0.3 is 0 Å². The van der Waals surface area contributed by atoms with Crippen molar-refractivity contribution in [1.82, 2.24) is 0 Å². The molecule has 0 aromatic carbocycles. The van der Waals surface area contributed by atoms with Crippen LogP contribution < -0.4 is 0 Å². The average Bonchev–Trinajstić information content (AvgIpc) is 1.89. The van der Waals surface area contributed by atoms with Gasteiger partial charge in [-0.05, 0) is 5.92 Å². The van der Waals surface area contributed by atoms with Gasteiger partial charge < -0.3 is 0 Å². The molecule has 0 nitrogen and oxygen atoms in total. The fourth-order valence-electron chi connectivity index (χ4n) is 0.803. The van der Waals surface area contributed by atoms with Crippen LogP contribution in [0.1, 0.15) is 46.5 Å². The molecule has 0 fully saturated rings. The molecular weight excluding hydrogens is 198 g/mol. The molecule has 0 aliphatic rings. The topological polar surface area (TPSA) is 0 Å². The molecule has 0 aromatic heterocycles. The first kappa shape index (κ1) is 14.5. The van der Waals surface area contributed by atoms with Gasteiger partial charge in [-0.2, -0.15) is 0 Å². The number of rotatable bonds is 4. The van der Waals surface area contributed by atoms with E-state index in [1.807, 2.05) is 0 Å². The van der Waals surface area contributed by atoms with Gasteiger partial charge in [0, 0.05) is 0 Å². The molecule has 0 saturated carbocycles. The van der Waals surface area contributed by atoms with Crippen molar-refractivity contribution in [3.63, 3.8) is 0 Å². The lowest BCUT2D eigenvalue weighted by atomic mass is 10.1. The smallest absolute Gasteiger partial charge is 0.0713 e. The van der Waals surface area contributed by atoms with E-state index in [4.69, 9.17) is 22.5 Å². The Morgan fingerprint density at radius 1 is 1.18 bits per heavy atom. The molecule has 0 atom stereocenters. The Morgan fingerprint density at radius 2 is 1.64 bits per heavy atom. The van der Waals surface area contributed by atoms with Crippen LogP contribution in [0.5, 0.6) is 0 Å². The van der Waals surface area contributed by atoms with Gasteiger partial charge in [0.05, 0.1) is 7.29 Å². The molecule has 11 heavy (non-hydrogen) atoms. The van der Waals surface area contributed by atoms with Crippen molar-refractivity contribution >= 4 is 29.8 Å². The Morgan fingerprint density at radius 3 is 1.91 bits per heavy atom. The predicted molar refractivity (Wildman–Crippen MR) is 59.0 cm³/mol. The molecule has 0 bridgehead atoms. The second kappa shape index (κ2) is 13.6. The van der Waals surface area contributed by atoms with Crippen LogP contribution in [-0.2, 0) is 0 Å². The second-order valence-electron chi connectivity index (χ2n) is 2.96. The van der Waals surface area contributed by atoms with Gasteiger partial charge in [-0.15, -0.1) is 0 Å². The molecule has 0 aliphatic carbocycles. The molecule has 0 radical (unpaired) electrons. The average molecular weight is 217 g/mol. The molecule has 3 heteroatoms. The normalized spacial score (nSPS) is 9.27. The molecule has 70 valence electrons. The lowest BCUT2D eigenvalue weighted by Gasteiger charge is -2.00. The Hall–Kier alpha value is 1.01. The molecular formula is C8H19Cl2P. The molecule has 0 unspecified atom stereocenters. The third-order valence-corrected chi connectivity index (χ3v) is 1.39. The third kappa shape index (κ3) is 24.7. The number of unbranched alkanes of at least 4 members (excludes halogenated alkanes) is 2. The SMILES string of the molecule is CCCCCC(C)C.ClPCl. The zero-order valence-corrected chi connectivity index (χ0v) is 10.2. The molecule has 0 amide bonds. The van der Waals surface area contributed by atoms with Crippen molar-refractivity contribution < 1.29 is 0 Å². The van der Waals surface area contributed by atoms with E-state index in [-0.39, 0.29) is 7.29 Å². The first-order chi connectivity index (χ1) is 5.18. The Labute approximate surface area is 82.4 Å². The summed E-state index contributed by atoms with van der Waals surface area (Å²) in [5, 5.41) is 0. The molecule has 0 rings (SSSR count). The fourth-order valence-corrected chi connectivity index (χ4v) is 0.803. The maximum absolute atomic E-state index is 4.79. The summed E-state index contributed by atoms with van der Waals surface area (Å²) in [4.78, 5) is 0. The minimum absolute atomic E-state index is 0.0278. The molecule has 0 aliphatic heterocycles. The van der Waals surface area contributed by atoms with Crippen LogP contribution in [-0.4, -0.2) is 0 Å². The van der Waals surface area contributed by atoms with Crippen LogP contribution in [0.15, 0.2) is 0 Å². The van der Waals surface area contributed by atoms with E-state index in [2.05, 4.69) is 20.8 Å². The van der Waals surface area contributed by atoms with Crippen LogP contribution in [0.25, 0.3) is 0 Å². The maximum Gasteiger partial charge on any atom is 0.0713 e. The van der Waals surface area contributed by atoms with E-state index in [0.29, 0.717) is 0 Å². The summed E-state index contributed by atoms with van der Waals surface area (Å²) >= 11 is 9.58. The van der Waals surface area contributed by atoms with E-state index in [9.17, 15) is 0 Å². The van der Waals surface area contributed by atoms with Crippen LogP contribution >= 0.6 is 29.8 Å². The number of halogens is 2. The highest BCUT2D eigenvalue weighted by Crippen LogP contribution is 2.19. The van der Waals surface area contributed by atoms with E-state index < -0.39 is 0 Å². The van der Waals surface area contributed by atoms with E-state index >= 15 is 0 Å².